The zero-order valence-corrected chi connectivity index (χ0v) is 9.11. The predicted molar refractivity (Wildman–Crippen MR) is 58.0 cm³/mol. The number of Topliss-reactive ketones (excluding diaryl/α,β-unsaturated/α-hetero) is 2. The molecule has 0 spiro atoms. The number of carbonyl (C=O) groups excluding carboxylic acids is 2. The Kier molecular flexibility index (Phi) is 3.47. The summed E-state index contributed by atoms with van der Waals surface area (Å²) < 4.78 is 13.6. The minimum Gasteiger partial charge on any atom is -0.479 e. The summed E-state index contributed by atoms with van der Waals surface area (Å²) in [5.74, 6) is -3.93. The van der Waals surface area contributed by atoms with Gasteiger partial charge in [0.1, 0.15) is 0 Å². The second-order valence-corrected chi connectivity index (χ2v) is 3.26. The summed E-state index contributed by atoms with van der Waals surface area (Å²) >= 11 is 0. The van der Waals surface area contributed by atoms with Crippen molar-refractivity contribution in [3.8, 4) is 0 Å². The number of hydrogen-bond acceptors (Lipinski definition) is 4. The van der Waals surface area contributed by atoms with Crippen molar-refractivity contribution in [1.29, 1.82) is 0 Å². The normalized spacial score (nSPS) is 18.4. The van der Waals surface area contributed by atoms with Crippen molar-refractivity contribution in [2.45, 2.75) is 6.04 Å². The number of rotatable bonds is 1. The number of carbonyl (C=O) groups is 3. The SMILES string of the molecule is Cl.O=C1C(=O)C(C(=O)O)N(F)c2ccccc21. The molecule has 1 N–H and O–H groups in total. The molecule has 1 atom stereocenters. The summed E-state index contributed by atoms with van der Waals surface area (Å²) in [6.45, 7) is 0. The van der Waals surface area contributed by atoms with Crippen molar-refractivity contribution in [2.75, 3.05) is 5.12 Å². The first-order valence-electron chi connectivity index (χ1n) is 4.39. The maximum Gasteiger partial charge on any atom is 0.337 e. The highest BCUT2D eigenvalue weighted by molar-refractivity contribution is 6.51. The van der Waals surface area contributed by atoms with Gasteiger partial charge in [-0.2, -0.15) is 5.12 Å². The van der Waals surface area contributed by atoms with Crippen LogP contribution in [0.4, 0.5) is 10.2 Å². The molecule has 5 nitrogen and oxygen atoms in total. The highest BCUT2D eigenvalue weighted by Crippen LogP contribution is 2.29. The lowest BCUT2D eigenvalue weighted by Crippen LogP contribution is -2.49. The van der Waals surface area contributed by atoms with Crippen LogP contribution in [-0.4, -0.2) is 28.7 Å². The third-order valence-electron chi connectivity index (χ3n) is 2.31. The zero-order valence-electron chi connectivity index (χ0n) is 8.29. The van der Waals surface area contributed by atoms with Crippen LogP contribution in [0.2, 0.25) is 0 Å². The van der Waals surface area contributed by atoms with Crippen LogP contribution in [0.15, 0.2) is 24.3 Å². The number of hydrogen-bond donors (Lipinski definition) is 1. The first-order chi connectivity index (χ1) is 7.54. The quantitative estimate of drug-likeness (QED) is 0.463. The molecule has 1 aliphatic heterocycles. The predicted octanol–water partition coefficient (Wildman–Crippen LogP) is 1.02. The van der Waals surface area contributed by atoms with Crippen LogP contribution in [0.5, 0.6) is 0 Å². The van der Waals surface area contributed by atoms with E-state index in [0.29, 0.717) is 0 Å². The molecule has 1 aliphatic rings. The Labute approximate surface area is 101 Å². The molecule has 0 aromatic heterocycles. The molecule has 0 amide bonds. The second kappa shape index (κ2) is 4.50. The molecule has 0 radical (unpaired) electrons. The highest BCUT2D eigenvalue weighted by atomic mass is 35.5. The van der Waals surface area contributed by atoms with E-state index in [4.69, 9.17) is 5.11 Å². The molecule has 0 saturated heterocycles. The number of fused-ring (bicyclic) bond motifs is 1. The summed E-state index contributed by atoms with van der Waals surface area (Å²) in [5, 5.41) is 8.47. The van der Waals surface area contributed by atoms with E-state index in [2.05, 4.69) is 0 Å². The maximum atomic E-state index is 13.6. The lowest BCUT2D eigenvalue weighted by molar-refractivity contribution is -0.142. The summed E-state index contributed by atoms with van der Waals surface area (Å²) in [7, 11) is 0. The van der Waals surface area contributed by atoms with Gasteiger partial charge in [0.2, 0.25) is 17.6 Å². The fourth-order valence-electron chi connectivity index (χ4n) is 1.56. The van der Waals surface area contributed by atoms with Gasteiger partial charge in [-0.05, 0) is 12.1 Å². The van der Waals surface area contributed by atoms with Gasteiger partial charge in [0.15, 0.2) is 0 Å². The van der Waals surface area contributed by atoms with Gasteiger partial charge >= 0.3 is 5.97 Å². The molecule has 2 rings (SSSR count). The lowest BCUT2D eigenvalue weighted by Gasteiger charge is -2.26. The van der Waals surface area contributed by atoms with Gasteiger partial charge in [-0.25, -0.2) is 4.79 Å². The zero-order chi connectivity index (χ0) is 11.9. The van der Waals surface area contributed by atoms with Gasteiger partial charge in [-0.3, -0.25) is 9.59 Å². The molecule has 1 heterocycles. The Morgan fingerprint density at radius 1 is 1.29 bits per heavy atom. The number of ketones is 2. The van der Waals surface area contributed by atoms with Crippen molar-refractivity contribution < 1.29 is 24.0 Å². The van der Waals surface area contributed by atoms with Crippen LogP contribution in [-0.2, 0) is 9.59 Å². The third-order valence-corrected chi connectivity index (χ3v) is 2.31. The van der Waals surface area contributed by atoms with Gasteiger partial charge in [0.25, 0.3) is 0 Å². The molecule has 90 valence electrons. The minimum absolute atomic E-state index is 0. The monoisotopic (exact) mass is 259 g/mol. The number of nitrogens with zero attached hydrogens (tertiary/aromatic N) is 1. The topological polar surface area (TPSA) is 74.7 Å². The maximum absolute atomic E-state index is 13.6. The molecule has 17 heavy (non-hydrogen) atoms. The fraction of sp³-hybridized carbons (Fsp3) is 0.100. The van der Waals surface area contributed by atoms with Crippen molar-refractivity contribution in [3.63, 3.8) is 0 Å². The van der Waals surface area contributed by atoms with E-state index < -0.39 is 23.6 Å². The lowest BCUT2D eigenvalue weighted by atomic mass is 9.95. The van der Waals surface area contributed by atoms with Crippen molar-refractivity contribution in [3.05, 3.63) is 29.8 Å². The number of carboxylic acid groups (broad SMARTS) is 1. The number of halogens is 2. The van der Waals surface area contributed by atoms with E-state index in [1.54, 1.807) is 0 Å². The first kappa shape index (κ1) is 13.1. The van der Waals surface area contributed by atoms with Crippen molar-refractivity contribution in [2.24, 2.45) is 0 Å². The van der Waals surface area contributed by atoms with Crippen molar-refractivity contribution >= 4 is 35.6 Å². The van der Waals surface area contributed by atoms with E-state index in [0.717, 1.165) is 0 Å². The van der Waals surface area contributed by atoms with Crippen LogP contribution < -0.4 is 5.12 Å². The molecule has 7 heteroatoms. The van der Waals surface area contributed by atoms with Crippen LogP contribution in [0.3, 0.4) is 0 Å². The van der Waals surface area contributed by atoms with Crippen LogP contribution in [0, 0.1) is 0 Å². The first-order valence-corrected chi connectivity index (χ1v) is 4.39. The summed E-state index contributed by atoms with van der Waals surface area (Å²) in [6.07, 6.45) is 0. The number of aliphatic carboxylic acids is 1. The number of para-hydroxylation sites is 1. The molecule has 0 aliphatic carbocycles. The Morgan fingerprint density at radius 2 is 1.88 bits per heavy atom. The smallest absolute Gasteiger partial charge is 0.337 e. The molecule has 0 fully saturated rings. The van der Waals surface area contributed by atoms with E-state index >= 15 is 0 Å². The summed E-state index contributed by atoms with van der Waals surface area (Å²) in [6, 6.07) is 3.37. The van der Waals surface area contributed by atoms with Crippen LogP contribution >= 0.6 is 12.4 Å². The largest absolute Gasteiger partial charge is 0.479 e. The number of anilines is 1. The molecule has 0 bridgehead atoms. The van der Waals surface area contributed by atoms with E-state index in [1.165, 1.54) is 24.3 Å². The molecule has 1 aromatic carbocycles. The standard InChI is InChI=1S/C10H6FNO4.ClH/c11-12-6-4-2-1-3-5(6)8(13)9(14)7(12)10(15)16;/h1-4,7H,(H,15,16);1H. The van der Waals surface area contributed by atoms with Gasteiger partial charge in [0, 0.05) is 0 Å². The van der Waals surface area contributed by atoms with Gasteiger partial charge in [-0.1, -0.05) is 16.6 Å². The molecule has 0 saturated carbocycles. The average Bonchev–Trinajstić information content (AvgIpc) is 2.26. The molecule has 1 unspecified atom stereocenters. The third kappa shape index (κ3) is 1.87. The fourth-order valence-corrected chi connectivity index (χ4v) is 1.56. The minimum atomic E-state index is -2.08. The highest BCUT2D eigenvalue weighted by Gasteiger charge is 2.44. The average molecular weight is 260 g/mol. The van der Waals surface area contributed by atoms with Crippen LogP contribution in [0.25, 0.3) is 0 Å². The Hall–Kier alpha value is -1.95. The Morgan fingerprint density at radius 3 is 2.47 bits per heavy atom. The van der Waals surface area contributed by atoms with E-state index in [9.17, 15) is 18.9 Å². The Bertz CT molecular complexity index is 505. The Balaban J connectivity index is 0.00000144. The van der Waals surface area contributed by atoms with E-state index in [1.807, 2.05) is 0 Å². The molecular formula is C10H7ClFNO4. The van der Waals surface area contributed by atoms with Gasteiger partial charge < -0.3 is 5.11 Å². The van der Waals surface area contributed by atoms with Gasteiger partial charge in [-0.15, -0.1) is 12.4 Å². The van der Waals surface area contributed by atoms with Crippen LogP contribution in [0.1, 0.15) is 10.4 Å². The molecular weight excluding hydrogens is 253 g/mol. The van der Waals surface area contributed by atoms with E-state index in [-0.39, 0.29) is 28.8 Å². The summed E-state index contributed by atoms with van der Waals surface area (Å²) in [4.78, 5) is 33.5. The number of carboxylic acids is 1. The second-order valence-electron chi connectivity index (χ2n) is 3.26. The summed E-state index contributed by atoms with van der Waals surface area (Å²) in [5.41, 5.74) is -0.313. The van der Waals surface area contributed by atoms with Gasteiger partial charge in [0.05, 0.1) is 11.3 Å². The molecule has 1 aromatic rings. The van der Waals surface area contributed by atoms with Crippen molar-refractivity contribution in [1.82, 2.24) is 0 Å². The number of benzene rings is 1.